The van der Waals surface area contributed by atoms with Crippen LogP contribution in [0.3, 0.4) is 0 Å². The first kappa shape index (κ1) is 12.3. The SMILES string of the molecule is Cl.Cn1nc(C(F)(F)F)c2c1CCNC2. The Labute approximate surface area is 91.1 Å². The minimum absolute atomic E-state index is 0. The second kappa shape index (κ2) is 4.02. The van der Waals surface area contributed by atoms with E-state index in [0.29, 0.717) is 24.2 Å². The molecule has 0 radical (unpaired) electrons. The van der Waals surface area contributed by atoms with Crippen LogP contribution in [0.25, 0.3) is 0 Å². The molecule has 1 aliphatic heterocycles. The molecule has 86 valence electrons. The fourth-order valence-electron chi connectivity index (χ4n) is 1.75. The summed E-state index contributed by atoms with van der Waals surface area (Å²) in [5.41, 5.74) is 0.240. The lowest BCUT2D eigenvalue weighted by atomic mass is 10.1. The maximum Gasteiger partial charge on any atom is 0.435 e. The van der Waals surface area contributed by atoms with Gasteiger partial charge in [-0.25, -0.2) is 0 Å². The van der Waals surface area contributed by atoms with Crippen molar-refractivity contribution in [3.05, 3.63) is 17.0 Å². The molecule has 0 fully saturated rings. The first-order valence-electron chi connectivity index (χ1n) is 4.33. The second-order valence-corrected chi connectivity index (χ2v) is 3.32. The van der Waals surface area contributed by atoms with Crippen molar-refractivity contribution >= 4 is 12.4 Å². The number of fused-ring (bicyclic) bond motifs is 1. The van der Waals surface area contributed by atoms with Crippen LogP contribution in [-0.4, -0.2) is 16.3 Å². The van der Waals surface area contributed by atoms with Crippen molar-refractivity contribution in [1.29, 1.82) is 0 Å². The van der Waals surface area contributed by atoms with Crippen molar-refractivity contribution in [1.82, 2.24) is 15.1 Å². The number of rotatable bonds is 0. The van der Waals surface area contributed by atoms with Gasteiger partial charge in [0.25, 0.3) is 0 Å². The van der Waals surface area contributed by atoms with E-state index in [0.717, 1.165) is 0 Å². The molecule has 0 spiro atoms. The van der Waals surface area contributed by atoms with Crippen molar-refractivity contribution in [3.8, 4) is 0 Å². The monoisotopic (exact) mass is 241 g/mol. The lowest BCUT2D eigenvalue weighted by Crippen LogP contribution is -2.25. The van der Waals surface area contributed by atoms with Gasteiger partial charge in [0, 0.05) is 37.8 Å². The summed E-state index contributed by atoms with van der Waals surface area (Å²) in [6.45, 7) is 0.974. The Morgan fingerprint density at radius 2 is 2.07 bits per heavy atom. The summed E-state index contributed by atoms with van der Waals surface area (Å²) >= 11 is 0. The standard InChI is InChI=1S/C8H10F3N3.ClH/c1-14-6-2-3-12-4-5(6)7(13-14)8(9,10)11;/h12H,2-4H2,1H3;1H. The zero-order valence-electron chi connectivity index (χ0n) is 8.06. The second-order valence-electron chi connectivity index (χ2n) is 3.32. The van der Waals surface area contributed by atoms with Gasteiger partial charge in [-0.3, -0.25) is 4.68 Å². The maximum atomic E-state index is 12.5. The number of aromatic nitrogens is 2. The molecule has 7 heteroatoms. The molecule has 0 aliphatic carbocycles. The molecule has 0 saturated carbocycles. The van der Waals surface area contributed by atoms with Crippen LogP contribution in [0.1, 0.15) is 17.0 Å². The van der Waals surface area contributed by atoms with Gasteiger partial charge in [0.2, 0.25) is 0 Å². The third-order valence-electron chi connectivity index (χ3n) is 2.38. The van der Waals surface area contributed by atoms with Gasteiger partial charge in [-0.05, 0) is 0 Å². The highest BCUT2D eigenvalue weighted by Gasteiger charge is 2.38. The largest absolute Gasteiger partial charge is 0.435 e. The van der Waals surface area contributed by atoms with Crippen LogP contribution >= 0.6 is 12.4 Å². The molecule has 15 heavy (non-hydrogen) atoms. The number of hydrogen-bond acceptors (Lipinski definition) is 2. The van der Waals surface area contributed by atoms with Crippen molar-refractivity contribution in [2.45, 2.75) is 19.1 Å². The Morgan fingerprint density at radius 1 is 1.40 bits per heavy atom. The molecule has 3 nitrogen and oxygen atoms in total. The van der Waals surface area contributed by atoms with Crippen LogP contribution in [0.4, 0.5) is 13.2 Å². The Morgan fingerprint density at radius 3 is 2.67 bits per heavy atom. The van der Waals surface area contributed by atoms with E-state index < -0.39 is 11.9 Å². The van der Waals surface area contributed by atoms with E-state index in [4.69, 9.17) is 0 Å². The molecular formula is C8H11ClF3N3. The summed E-state index contributed by atoms with van der Waals surface area (Å²) in [5, 5.41) is 6.43. The normalized spacial score (nSPS) is 15.7. The third kappa shape index (κ3) is 2.10. The maximum absolute atomic E-state index is 12.5. The van der Waals surface area contributed by atoms with Gasteiger partial charge in [0.05, 0.1) is 0 Å². The fraction of sp³-hybridized carbons (Fsp3) is 0.625. The predicted octanol–water partition coefficient (Wildman–Crippen LogP) is 1.51. The lowest BCUT2D eigenvalue weighted by Gasteiger charge is -2.14. The summed E-state index contributed by atoms with van der Waals surface area (Å²) in [6.07, 6.45) is -3.74. The minimum atomic E-state index is -4.34. The highest BCUT2D eigenvalue weighted by Crippen LogP contribution is 2.33. The van der Waals surface area contributed by atoms with Crippen LogP contribution < -0.4 is 5.32 Å². The summed E-state index contributed by atoms with van der Waals surface area (Å²) in [5.74, 6) is 0. The predicted molar refractivity (Wildman–Crippen MR) is 50.9 cm³/mol. The number of aryl methyl sites for hydroxylation is 1. The quantitative estimate of drug-likeness (QED) is 0.746. The average Bonchev–Trinajstić information content (AvgIpc) is 2.44. The molecule has 1 N–H and O–H groups in total. The van der Waals surface area contributed by atoms with Crippen molar-refractivity contribution in [3.63, 3.8) is 0 Å². The molecule has 0 aromatic carbocycles. The molecule has 1 aliphatic rings. The van der Waals surface area contributed by atoms with E-state index in [-0.39, 0.29) is 19.0 Å². The van der Waals surface area contributed by atoms with E-state index in [1.54, 1.807) is 7.05 Å². The van der Waals surface area contributed by atoms with E-state index in [1.807, 2.05) is 0 Å². The van der Waals surface area contributed by atoms with Crippen LogP contribution in [-0.2, 0) is 26.2 Å². The number of nitrogens with zero attached hydrogens (tertiary/aromatic N) is 2. The van der Waals surface area contributed by atoms with Gasteiger partial charge in [-0.15, -0.1) is 12.4 Å². The highest BCUT2D eigenvalue weighted by atomic mass is 35.5. The summed E-state index contributed by atoms with van der Waals surface area (Å²) in [4.78, 5) is 0. The smallest absolute Gasteiger partial charge is 0.312 e. The first-order chi connectivity index (χ1) is 6.50. The Hall–Kier alpha value is -0.750. The summed E-state index contributed by atoms with van der Waals surface area (Å²) in [7, 11) is 1.55. The van der Waals surface area contributed by atoms with Crippen molar-refractivity contribution in [2.75, 3.05) is 6.54 Å². The molecule has 2 heterocycles. The molecule has 0 saturated heterocycles. The zero-order chi connectivity index (χ0) is 10.3. The van der Waals surface area contributed by atoms with Gasteiger partial charge >= 0.3 is 6.18 Å². The molecule has 0 atom stereocenters. The van der Waals surface area contributed by atoms with Gasteiger partial charge < -0.3 is 5.32 Å². The number of nitrogens with one attached hydrogen (secondary N) is 1. The van der Waals surface area contributed by atoms with Crippen LogP contribution in [0.2, 0.25) is 0 Å². The molecule has 2 rings (SSSR count). The van der Waals surface area contributed by atoms with E-state index in [9.17, 15) is 13.2 Å². The number of hydrogen-bond donors (Lipinski definition) is 1. The summed E-state index contributed by atoms with van der Waals surface area (Å²) < 4.78 is 38.8. The zero-order valence-corrected chi connectivity index (χ0v) is 8.87. The van der Waals surface area contributed by atoms with Gasteiger partial charge in [0.1, 0.15) is 0 Å². The Bertz CT molecular complexity index is 359. The Kier molecular flexibility index (Phi) is 3.30. The molecule has 1 aromatic rings. The number of alkyl halides is 3. The van der Waals surface area contributed by atoms with Crippen LogP contribution in [0, 0.1) is 0 Å². The van der Waals surface area contributed by atoms with E-state index >= 15 is 0 Å². The molecule has 0 amide bonds. The van der Waals surface area contributed by atoms with Crippen molar-refractivity contribution in [2.24, 2.45) is 7.05 Å². The van der Waals surface area contributed by atoms with Crippen LogP contribution in [0.15, 0.2) is 0 Å². The summed E-state index contributed by atoms with van der Waals surface area (Å²) in [6, 6.07) is 0. The molecule has 0 bridgehead atoms. The van der Waals surface area contributed by atoms with Gasteiger partial charge in [0.15, 0.2) is 5.69 Å². The fourth-order valence-corrected chi connectivity index (χ4v) is 1.75. The average molecular weight is 242 g/mol. The number of halogens is 4. The van der Waals surface area contributed by atoms with Crippen LogP contribution in [0.5, 0.6) is 0 Å². The van der Waals surface area contributed by atoms with Gasteiger partial charge in [-0.1, -0.05) is 0 Å². The topological polar surface area (TPSA) is 29.9 Å². The van der Waals surface area contributed by atoms with E-state index in [2.05, 4.69) is 10.4 Å². The lowest BCUT2D eigenvalue weighted by molar-refractivity contribution is -0.142. The molecule has 0 unspecified atom stereocenters. The third-order valence-corrected chi connectivity index (χ3v) is 2.38. The minimum Gasteiger partial charge on any atom is -0.312 e. The Balaban J connectivity index is 0.00000112. The molecular weight excluding hydrogens is 231 g/mol. The van der Waals surface area contributed by atoms with Crippen molar-refractivity contribution < 1.29 is 13.2 Å². The highest BCUT2D eigenvalue weighted by molar-refractivity contribution is 5.85. The van der Waals surface area contributed by atoms with E-state index in [1.165, 1.54) is 4.68 Å². The van der Waals surface area contributed by atoms with Gasteiger partial charge in [-0.2, -0.15) is 18.3 Å². The molecule has 1 aromatic heterocycles. The first-order valence-corrected chi connectivity index (χ1v) is 4.33.